The number of hydrogen-bond donors (Lipinski definition) is 1. The van der Waals surface area contributed by atoms with Crippen LogP contribution in [0.1, 0.15) is 45.1 Å². The normalized spacial score (nSPS) is 29.4. The van der Waals surface area contributed by atoms with E-state index < -0.39 is 0 Å². The molecule has 0 saturated heterocycles. The Hall–Kier alpha value is -0.760. The van der Waals surface area contributed by atoms with Crippen molar-refractivity contribution in [3.63, 3.8) is 0 Å². The lowest BCUT2D eigenvalue weighted by Gasteiger charge is -2.35. The maximum atomic E-state index is 5.18. The van der Waals surface area contributed by atoms with Crippen LogP contribution in [0.3, 0.4) is 0 Å². The Balaban J connectivity index is 1.93. The predicted molar refractivity (Wildman–Crippen MR) is 71.0 cm³/mol. The SMILES string of the molecule is CCCNC1CCC(C)CC1Cc1ccoc1. The van der Waals surface area contributed by atoms with Crippen LogP contribution in [0.15, 0.2) is 23.0 Å². The molecule has 1 aromatic heterocycles. The lowest BCUT2D eigenvalue weighted by atomic mass is 9.76. The zero-order valence-corrected chi connectivity index (χ0v) is 11.1. The van der Waals surface area contributed by atoms with Crippen molar-refractivity contribution in [3.05, 3.63) is 24.2 Å². The van der Waals surface area contributed by atoms with Crippen LogP contribution in [-0.4, -0.2) is 12.6 Å². The molecule has 17 heavy (non-hydrogen) atoms. The molecule has 0 aliphatic heterocycles. The first-order chi connectivity index (χ1) is 8.29. The molecule has 2 heteroatoms. The zero-order valence-electron chi connectivity index (χ0n) is 11.1. The molecule has 0 bridgehead atoms. The third kappa shape index (κ3) is 3.60. The summed E-state index contributed by atoms with van der Waals surface area (Å²) in [6, 6.07) is 2.82. The van der Waals surface area contributed by atoms with Crippen molar-refractivity contribution in [2.45, 2.75) is 52.0 Å². The van der Waals surface area contributed by atoms with E-state index in [1.807, 2.05) is 6.26 Å². The highest BCUT2D eigenvalue weighted by molar-refractivity contribution is 5.07. The number of hydrogen-bond acceptors (Lipinski definition) is 2. The number of nitrogens with one attached hydrogen (secondary N) is 1. The lowest BCUT2D eigenvalue weighted by molar-refractivity contribution is 0.212. The highest BCUT2D eigenvalue weighted by Gasteiger charge is 2.28. The van der Waals surface area contributed by atoms with Gasteiger partial charge < -0.3 is 9.73 Å². The molecule has 0 spiro atoms. The molecule has 0 aromatic carbocycles. The highest BCUT2D eigenvalue weighted by atomic mass is 16.3. The van der Waals surface area contributed by atoms with Crippen LogP contribution in [0.2, 0.25) is 0 Å². The fourth-order valence-corrected chi connectivity index (χ4v) is 3.03. The average molecular weight is 235 g/mol. The molecular formula is C15H25NO. The van der Waals surface area contributed by atoms with Gasteiger partial charge >= 0.3 is 0 Å². The smallest absolute Gasteiger partial charge is 0.0934 e. The van der Waals surface area contributed by atoms with Gasteiger partial charge in [0, 0.05) is 6.04 Å². The lowest BCUT2D eigenvalue weighted by Crippen LogP contribution is -2.41. The summed E-state index contributed by atoms with van der Waals surface area (Å²) in [6.07, 6.45) is 10.2. The van der Waals surface area contributed by atoms with Crippen molar-refractivity contribution in [1.82, 2.24) is 5.32 Å². The Morgan fingerprint density at radius 2 is 2.29 bits per heavy atom. The maximum Gasteiger partial charge on any atom is 0.0934 e. The molecule has 0 amide bonds. The molecule has 96 valence electrons. The van der Waals surface area contributed by atoms with E-state index in [4.69, 9.17) is 4.42 Å². The summed E-state index contributed by atoms with van der Waals surface area (Å²) in [5.74, 6) is 1.66. The van der Waals surface area contributed by atoms with E-state index in [1.165, 1.54) is 37.7 Å². The average Bonchev–Trinajstić information content (AvgIpc) is 2.81. The van der Waals surface area contributed by atoms with Gasteiger partial charge in [0.1, 0.15) is 0 Å². The van der Waals surface area contributed by atoms with Gasteiger partial charge in [-0.15, -0.1) is 0 Å². The van der Waals surface area contributed by atoms with Gasteiger partial charge in [-0.2, -0.15) is 0 Å². The van der Waals surface area contributed by atoms with Crippen LogP contribution in [0, 0.1) is 11.8 Å². The first kappa shape index (κ1) is 12.7. The molecule has 1 aliphatic rings. The van der Waals surface area contributed by atoms with Gasteiger partial charge in [0.25, 0.3) is 0 Å². The van der Waals surface area contributed by atoms with E-state index in [0.717, 1.165) is 18.4 Å². The van der Waals surface area contributed by atoms with E-state index in [9.17, 15) is 0 Å². The molecule has 1 fully saturated rings. The van der Waals surface area contributed by atoms with Crippen molar-refractivity contribution in [2.24, 2.45) is 11.8 Å². The van der Waals surface area contributed by atoms with Crippen molar-refractivity contribution in [1.29, 1.82) is 0 Å². The number of furan rings is 1. The van der Waals surface area contributed by atoms with E-state index in [2.05, 4.69) is 25.2 Å². The molecule has 0 radical (unpaired) electrons. The summed E-state index contributed by atoms with van der Waals surface area (Å²) in [7, 11) is 0. The minimum absolute atomic E-state index is 0.709. The van der Waals surface area contributed by atoms with Gasteiger partial charge in [-0.05, 0) is 62.1 Å². The Morgan fingerprint density at radius 3 is 3.00 bits per heavy atom. The van der Waals surface area contributed by atoms with Crippen LogP contribution in [0.25, 0.3) is 0 Å². The first-order valence-electron chi connectivity index (χ1n) is 7.04. The third-order valence-electron chi connectivity index (χ3n) is 3.98. The summed E-state index contributed by atoms with van der Waals surface area (Å²) in [5, 5.41) is 3.72. The van der Waals surface area contributed by atoms with Crippen molar-refractivity contribution >= 4 is 0 Å². The van der Waals surface area contributed by atoms with E-state index >= 15 is 0 Å². The Labute approximate surface area is 105 Å². The molecule has 2 rings (SSSR count). The number of rotatable bonds is 5. The quantitative estimate of drug-likeness (QED) is 0.843. The fourth-order valence-electron chi connectivity index (χ4n) is 3.03. The van der Waals surface area contributed by atoms with Crippen LogP contribution in [0.4, 0.5) is 0 Å². The van der Waals surface area contributed by atoms with Crippen molar-refractivity contribution in [2.75, 3.05) is 6.54 Å². The van der Waals surface area contributed by atoms with E-state index in [1.54, 1.807) is 6.26 Å². The van der Waals surface area contributed by atoms with E-state index in [0.29, 0.717) is 6.04 Å². The van der Waals surface area contributed by atoms with E-state index in [-0.39, 0.29) is 0 Å². The Morgan fingerprint density at radius 1 is 1.41 bits per heavy atom. The molecule has 1 saturated carbocycles. The standard InChI is InChI=1S/C15H25NO/c1-3-7-16-15-5-4-12(2)9-14(15)10-13-6-8-17-11-13/h6,8,11-12,14-16H,3-5,7,9-10H2,1-2H3. The summed E-state index contributed by atoms with van der Waals surface area (Å²) in [5.41, 5.74) is 1.35. The highest BCUT2D eigenvalue weighted by Crippen LogP contribution is 2.31. The minimum Gasteiger partial charge on any atom is -0.472 e. The van der Waals surface area contributed by atoms with Crippen LogP contribution < -0.4 is 5.32 Å². The third-order valence-corrected chi connectivity index (χ3v) is 3.98. The molecule has 1 heterocycles. The predicted octanol–water partition coefficient (Wildman–Crippen LogP) is 3.63. The fraction of sp³-hybridized carbons (Fsp3) is 0.733. The second kappa shape index (κ2) is 6.25. The summed E-state index contributed by atoms with van der Waals surface area (Å²) < 4.78 is 5.18. The second-order valence-corrected chi connectivity index (χ2v) is 5.57. The van der Waals surface area contributed by atoms with Gasteiger partial charge in [-0.25, -0.2) is 0 Å². The molecule has 3 atom stereocenters. The Kier molecular flexibility index (Phi) is 4.66. The molecule has 2 nitrogen and oxygen atoms in total. The second-order valence-electron chi connectivity index (χ2n) is 5.57. The van der Waals surface area contributed by atoms with Gasteiger partial charge in [0.05, 0.1) is 12.5 Å². The first-order valence-corrected chi connectivity index (χ1v) is 7.04. The largest absolute Gasteiger partial charge is 0.472 e. The monoisotopic (exact) mass is 235 g/mol. The van der Waals surface area contributed by atoms with Gasteiger partial charge in [-0.1, -0.05) is 13.8 Å². The molecule has 1 aliphatic carbocycles. The molecular weight excluding hydrogens is 210 g/mol. The van der Waals surface area contributed by atoms with Crippen molar-refractivity contribution < 1.29 is 4.42 Å². The summed E-state index contributed by atoms with van der Waals surface area (Å²) >= 11 is 0. The van der Waals surface area contributed by atoms with Gasteiger partial charge in [-0.3, -0.25) is 0 Å². The summed E-state index contributed by atoms with van der Waals surface area (Å²) in [4.78, 5) is 0. The van der Waals surface area contributed by atoms with Crippen LogP contribution >= 0.6 is 0 Å². The molecule has 1 aromatic rings. The van der Waals surface area contributed by atoms with Crippen molar-refractivity contribution in [3.8, 4) is 0 Å². The molecule has 3 unspecified atom stereocenters. The maximum absolute atomic E-state index is 5.18. The van der Waals surface area contributed by atoms with Crippen LogP contribution in [-0.2, 0) is 6.42 Å². The minimum atomic E-state index is 0.709. The zero-order chi connectivity index (χ0) is 12.1. The molecule has 1 N–H and O–H groups in total. The Bertz CT molecular complexity index is 305. The topological polar surface area (TPSA) is 25.2 Å². The van der Waals surface area contributed by atoms with Crippen LogP contribution in [0.5, 0.6) is 0 Å². The van der Waals surface area contributed by atoms with Gasteiger partial charge in [0.2, 0.25) is 0 Å². The van der Waals surface area contributed by atoms with Gasteiger partial charge in [0.15, 0.2) is 0 Å². The summed E-state index contributed by atoms with van der Waals surface area (Å²) in [6.45, 7) is 5.78.